The Balaban J connectivity index is 3.14. The smallest absolute Gasteiger partial charge is 0.396 e. The van der Waals surface area contributed by atoms with Crippen LogP contribution in [0.5, 0.6) is 0 Å². The van der Waals surface area contributed by atoms with Gasteiger partial charge in [-0.25, -0.2) is 0 Å². The van der Waals surface area contributed by atoms with Gasteiger partial charge in [-0.15, -0.1) is 23.1 Å². The van der Waals surface area contributed by atoms with Crippen LogP contribution in [-0.4, -0.2) is 38.5 Å². The number of hydrogen-bond donors (Lipinski definition) is 2. The van der Waals surface area contributed by atoms with Gasteiger partial charge in [0.1, 0.15) is 16.4 Å². The highest BCUT2D eigenvalue weighted by molar-refractivity contribution is 7.99. The molecule has 4 nitrogen and oxygen atoms in total. The maximum Gasteiger partial charge on any atom is 0.405 e. The minimum atomic E-state index is -4.31. The van der Waals surface area contributed by atoms with Gasteiger partial charge in [-0.3, -0.25) is 4.79 Å². The molecule has 9 heteroatoms. The van der Waals surface area contributed by atoms with Crippen LogP contribution in [0.1, 0.15) is 16.6 Å². The quantitative estimate of drug-likeness (QED) is 0.817. The highest BCUT2D eigenvalue weighted by Gasteiger charge is 2.32. The summed E-state index contributed by atoms with van der Waals surface area (Å²) in [6, 6.07) is 0. The molecule has 0 aliphatic heterocycles. The normalized spacial score (nSPS) is 11.5. The van der Waals surface area contributed by atoms with E-state index in [9.17, 15) is 18.0 Å². The van der Waals surface area contributed by atoms with E-state index in [0.717, 1.165) is 16.2 Å². The number of thiophene rings is 1. The van der Waals surface area contributed by atoms with E-state index in [0.29, 0.717) is 16.4 Å². The summed E-state index contributed by atoms with van der Waals surface area (Å²) in [7, 11) is 1.33. The van der Waals surface area contributed by atoms with Gasteiger partial charge >= 0.3 is 6.18 Å². The van der Waals surface area contributed by atoms with Crippen LogP contribution in [-0.2, 0) is 0 Å². The zero-order valence-corrected chi connectivity index (χ0v) is 12.9. The molecule has 3 N–H and O–H groups in total. The first kappa shape index (κ1) is 17.0. The number of amides is 1. The lowest BCUT2D eigenvalue weighted by Crippen LogP contribution is -2.30. The van der Waals surface area contributed by atoms with Gasteiger partial charge in [0.25, 0.3) is 5.91 Å². The first-order valence-electron chi connectivity index (χ1n) is 5.73. The number of nitrogen functional groups attached to an aromatic ring is 1. The highest BCUT2D eigenvalue weighted by Crippen LogP contribution is 2.43. The molecule has 0 aliphatic carbocycles. The Kier molecular flexibility index (Phi) is 5.58. The van der Waals surface area contributed by atoms with Crippen LogP contribution in [0.15, 0.2) is 4.90 Å². The Bertz CT molecular complexity index is 488. The van der Waals surface area contributed by atoms with E-state index in [1.807, 2.05) is 0 Å². The molecule has 0 spiro atoms. The lowest BCUT2D eigenvalue weighted by atomic mass is 10.3. The molecule has 1 heterocycles. The van der Waals surface area contributed by atoms with Gasteiger partial charge in [-0.05, 0) is 13.2 Å². The topological polar surface area (TPSA) is 58.4 Å². The van der Waals surface area contributed by atoms with Crippen LogP contribution in [0.4, 0.5) is 23.9 Å². The van der Waals surface area contributed by atoms with Crippen molar-refractivity contribution in [2.75, 3.05) is 37.0 Å². The third kappa shape index (κ3) is 3.95. The number of carbonyl (C=O) groups is 1. The number of thioether (sulfide) groups is 1. The van der Waals surface area contributed by atoms with Crippen molar-refractivity contribution in [3.8, 4) is 0 Å². The summed E-state index contributed by atoms with van der Waals surface area (Å²) in [5.74, 6) is -0.364. The van der Waals surface area contributed by atoms with Crippen molar-refractivity contribution in [3.05, 3.63) is 4.88 Å². The second-order valence-electron chi connectivity index (χ2n) is 4.01. The summed E-state index contributed by atoms with van der Waals surface area (Å²) >= 11 is 2.20. The van der Waals surface area contributed by atoms with Crippen molar-refractivity contribution in [1.29, 1.82) is 0 Å². The zero-order valence-electron chi connectivity index (χ0n) is 11.3. The number of nitrogens with zero attached hydrogens (tertiary/aromatic N) is 1. The van der Waals surface area contributed by atoms with E-state index in [-0.39, 0.29) is 16.5 Å². The van der Waals surface area contributed by atoms with E-state index in [1.54, 1.807) is 13.2 Å². The predicted octanol–water partition coefficient (Wildman–Crippen LogP) is 2.80. The molecule has 20 heavy (non-hydrogen) atoms. The van der Waals surface area contributed by atoms with E-state index >= 15 is 0 Å². The zero-order chi connectivity index (χ0) is 15.5. The number of nitrogens with two attached hydrogens (primary N) is 1. The monoisotopic (exact) mass is 327 g/mol. The SMILES string of the molecule is CCNC(=O)c1sc(N(C)CC(F)(F)F)c(SC)c1N. The maximum absolute atomic E-state index is 12.5. The van der Waals surface area contributed by atoms with Crippen molar-refractivity contribution in [2.45, 2.75) is 18.0 Å². The number of nitrogens with one attached hydrogen (secondary N) is 1. The Labute approximate surface area is 123 Å². The third-order valence-electron chi connectivity index (χ3n) is 2.39. The molecule has 0 aromatic carbocycles. The fourth-order valence-electron chi connectivity index (χ4n) is 1.62. The molecule has 1 amide bonds. The molecule has 0 saturated carbocycles. The van der Waals surface area contributed by atoms with E-state index in [4.69, 9.17) is 5.73 Å². The molecular formula is C11H16F3N3OS2. The van der Waals surface area contributed by atoms with Crippen molar-refractivity contribution in [3.63, 3.8) is 0 Å². The van der Waals surface area contributed by atoms with Gasteiger partial charge < -0.3 is 16.0 Å². The molecule has 0 aliphatic rings. The largest absolute Gasteiger partial charge is 0.405 e. The molecule has 0 radical (unpaired) electrons. The summed E-state index contributed by atoms with van der Waals surface area (Å²) in [6.45, 7) is 1.10. The maximum atomic E-state index is 12.5. The summed E-state index contributed by atoms with van der Waals surface area (Å²) in [5.41, 5.74) is 6.10. The number of alkyl halides is 3. The number of hydrogen-bond acceptors (Lipinski definition) is 5. The number of anilines is 2. The van der Waals surface area contributed by atoms with Crippen LogP contribution in [0.3, 0.4) is 0 Å². The van der Waals surface area contributed by atoms with Crippen LogP contribution in [0, 0.1) is 0 Å². The first-order chi connectivity index (χ1) is 9.21. The van der Waals surface area contributed by atoms with E-state index in [2.05, 4.69) is 5.32 Å². The van der Waals surface area contributed by atoms with Gasteiger partial charge in [0.05, 0.1) is 10.6 Å². The van der Waals surface area contributed by atoms with Gasteiger partial charge in [0.2, 0.25) is 0 Å². The van der Waals surface area contributed by atoms with Crippen LogP contribution in [0.25, 0.3) is 0 Å². The summed E-state index contributed by atoms with van der Waals surface area (Å²) in [4.78, 5) is 13.6. The average molecular weight is 327 g/mol. The molecule has 1 aromatic heterocycles. The van der Waals surface area contributed by atoms with Crippen LogP contribution < -0.4 is 16.0 Å². The van der Waals surface area contributed by atoms with Crippen molar-refractivity contribution < 1.29 is 18.0 Å². The van der Waals surface area contributed by atoms with Gasteiger partial charge in [-0.2, -0.15) is 13.2 Å². The third-order valence-corrected chi connectivity index (χ3v) is 4.66. The lowest BCUT2D eigenvalue weighted by Gasteiger charge is -2.20. The Hall–Kier alpha value is -1.09. The second kappa shape index (κ2) is 6.57. The minimum absolute atomic E-state index is 0.234. The van der Waals surface area contributed by atoms with Gasteiger partial charge in [-0.1, -0.05) is 0 Å². The number of carbonyl (C=O) groups excluding carboxylic acids is 1. The van der Waals surface area contributed by atoms with E-state index in [1.165, 1.54) is 18.8 Å². The Morgan fingerprint density at radius 2 is 2.10 bits per heavy atom. The fourth-order valence-corrected chi connectivity index (χ4v) is 3.70. The first-order valence-corrected chi connectivity index (χ1v) is 7.77. The molecule has 0 fully saturated rings. The lowest BCUT2D eigenvalue weighted by molar-refractivity contribution is -0.119. The molecule has 0 atom stereocenters. The summed E-state index contributed by atoms with van der Waals surface area (Å²) in [6.07, 6.45) is -2.60. The molecule has 0 saturated heterocycles. The van der Waals surface area contributed by atoms with Crippen molar-refractivity contribution >= 4 is 39.7 Å². The summed E-state index contributed by atoms with van der Waals surface area (Å²) in [5, 5.41) is 2.95. The number of halogens is 3. The fraction of sp³-hybridized carbons (Fsp3) is 0.545. The molecule has 0 unspecified atom stereocenters. The predicted molar refractivity (Wildman–Crippen MR) is 77.8 cm³/mol. The molecule has 0 bridgehead atoms. The average Bonchev–Trinajstić information content (AvgIpc) is 2.64. The highest BCUT2D eigenvalue weighted by atomic mass is 32.2. The van der Waals surface area contributed by atoms with Gasteiger partial charge in [0, 0.05) is 13.6 Å². The minimum Gasteiger partial charge on any atom is -0.396 e. The molecule has 1 rings (SSSR count). The Morgan fingerprint density at radius 1 is 1.50 bits per heavy atom. The second-order valence-corrected chi connectivity index (χ2v) is 5.83. The Morgan fingerprint density at radius 3 is 2.55 bits per heavy atom. The standard InChI is InChI=1S/C11H16F3N3OS2/c1-4-16-9(18)7-6(15)8(19-3)10(20-7)17(2)5-11(12,13)14/h4-5,15H2,1-3H3,(H,16,18). The molecule has 1 aromatic rings. The van der Waals surface area contributed by atoms with E-state index < -0.39 is 12.7 Å². The van der Waals surface area contributed by atoms with Crippen LogP contribution in [0.2, 0.25) is 0 Å². The molecular weight excluding hydrogens is 311 g/mol. The van der Waals surface area contributed by atoms with Crippen molar-refractivity contribution in [2.24, 2.45) is 0 Å². The van der Waals surface area contributed by atoms with Crippen molar-refractivity contribution in [1.82, 2.24) is 5.32 Å². The summed E-state index contributed by atoms with van der Waals surface area (Å²) < 4.78 is 37.4. The van der Waals surface area contributed by atoms with Crippen LogP contribution >= 0.6 is 23.1 Å². The molecule has 114 valence electrons. The van der Waals surface area contributed by atoms with Gasteiger partial charge in [0.15, 0.2) is 0 Å². The number of rotatable bonds is 5.